The van der Waals surface area contributed by atoms with E-state index in [-0.39, 0.29) is 5.38 Å². The van der Waals surface area contributed by atoms with Gasteiger partial charge in [-0.3, -0.25) is 0 Å². The summed E-state index contributed by atoms with van der Waals surface area (Å²) in [5.74, 6) is 1.59. The topological polar surface area (TPSA) is 18.5 Å². The average molecular weight is 295 g/mol. The molecule has 3 rings (SSSR count). The molecule has 2 heterocycles. The highest BCUT2D eigenvalue weighted by Crippen LogP contribution is 2.39. The quantitative estimate of drug-likeness (QED) is 0.761. The minimum Gasteiger partial charge on any atom is -0.486 e. The third-order valence-electron chi connectivity index (χ3n) is 3.21. The van der Waals surface area contributed by atoms with Gasteiger partial charge in [0.1, 0.15) is 13.2 Å². The summed E-state index contributed by atoms with van der Waals surface area (Å²) in [6.07, 6.45) is 0. The molecule has 0 saturated carbocycles. The van der Waals surface area contributed by atoms with Crippen LogP contribution in [0.1, 0.15) is 26.3 Å². The van der Waals surface area contributed by atoms with Crippen LogP contribution < -0.4 is 9.47 Å². The van der Waals surface area contributed by atoms with E-state index in [1.807, 2.05) is 18.2 Å². The molecule has 4 heteroatoms. The van der Waals surface area contributed by atoms with E-state index < -0.39 is 0 Å². The Hall–Kier alpha value is -1.19. The van der Waals surface area contributed by atoms with E-state index in [1.54, 1.807) is 11.3 Å². The van der Waals surface area contributed by atoms with Crippen LogP contribution >= 0.6 is 22.9 Å². The summed E-state index contributed by atoms with van der Waals surface area (Å²) in [5, 5.41) is -0.138. The fourth-order valence-corrected chi connectivity index (χ4v) is 3.69. The normalized spacial score (nSPS) is 15.3. The molecule has 1 aromatic carbocycles. The number of fused-ring (bicyclic) bond motifs is 1. The van der Waals surface area contributed by atoms with Gasteiger partial charge in [0.2, 0.25) is 0 Å². The third kappa shape index (κ3) is 2.45. The van der Waals surface area contributed by atoms with Crippen LogP contribution in [0.5, 0.6) is 11.5 Å². The maximum atomic E-state index is 6.60. The summed E-state index contributed by atoms with van der Waals surface area (Å²) in [6, 6.07) is 8.10. The predicted octanol–water partition coefficient (Wildman–Crippen LogP) is 4.46. The lowest BCUT2D eigenvalue weighted by Gasteiger charge is -2.20. The van der Waals surface area contributed by atoms with Gasteiger partial charge in [0.15, 0.2) is 11.5 Å². The van der Waals surface area contributed by atoms with E-state index in [0.29, 0.717) is 13.2 Å². The summed E-state index contributed by atoms with van der Waals surface area (Å²) in [6.45, 7) is 5.43. The number of rotatable bonds is 2. The van der Waals surface area contributed by atoms with Crippen molar-refractivity contribution in [3.8, 4) is 11.5 Å². The fourth-order valence-electron chi connectivity index (χ4n) is 2.30. The molecule has 0 fully saturated rings. The van der Waals surface area contributed by atoms with Crippen LogP contribution in [-0.4, -0.2) is 13.2 Å². The molecule has 1 aliphatic heterocycles. The van der Waals surface area contributed by atoms with Gasteiger partial charge in [-0.1, -0.05) is 6.07 Å². The number of halogens is 1. The van der Waals surface area contributed by atoms with Gasteiger partial charge < -0.3 is 9.47 Å². The van der Waals surface area contributed by atoms with Gasteiger partial charge in [-0.15, -0.1) is 22.9 Å². The number of benzene rings is 1. The van der Waals surface area contributed by atoms with E-state index in [4.69, 9.17) is 21.1 Å². The Morgan fingerprint density at radius 3 is 2.53 bits per heavy atom. The molecule has 1 aliphatic rings. The second kappa shape index (κ2) is 5.06. The highest BCUT2D eigenvalue weighted by atomic mass is 35.5. The highest BCUT2D eigenvalue weighted by Gasteiger charge is 2.19. The third-order valence-corrected chi connectivity index (χ3v) is 4.68. The van der Waals surface area contributed by atoms with Crippen molar-refractivity contribution in [2.75, 3.05) is 13.2 Å². The molecular weight excluding hydrogens is 280 g/mol. The maximum Gasteiger partial charge on any atom is 0.161 e. The van der Waals surface area contributed by atoms with Gasteiger partial charge in [0, 0.05) is 9.75 Å². The summed E-state index contributed by atoms with van der Waals surface area (Å²) in [4.78, 5) is 2.56. The molecule has 0 N–H and O–H groups in total. The summed E-state index contributed by atoms with van der Waals surface area (Å²) >= 11 is 8.38. The summed E-state index contributed by atoms with van der Waals surface area (Å²) < 4.78 is 11.1. The molecule has 2 nitrogen and oxygen atoms in total. The van der Waals surface area contributed by atoms with Gasteiger partial charge >= 0.3 is 0 Å². The second-order valence-electron chi connectivity index (χ2n) is 4.63. The molecular formula is C15H15ClO2S. The molecule has 0 aliphatic carbocycles. The van der Waals surface area contributed by atoms with E-state index in [0.717, 1.165) is 17.1 Å². The Labute approximate surface area is 121 Å². The van der Waals surface area contributed by atoms with E-state index in [2.05, 4.69) is 19.9 Å². The predicted molar refractivity (Wildman–Crippen MR) is 78.9 cm³/mol. The number of hydrogen-bond acceptors (Lipinski definition) is 3. The minimum atomic E-state index is -0.138. The maximum absolute atomic E-state index is 6.60. The lowest BCUT2D eigenvalue weighted by molar-refractivity contribution is 0.171. The van der Waals surface area contributed by atoms with Crippen LogP contribution in [-0.2, 0) is 0 Å². The molecule has 2 aromatic rings. The highest BCUT2D eigenvalue weighted by molar-refractivity contribution is 7.12. The number of ether oxygens (including phenoxy) is 2. The lowest BCUT2D eigenvalue weighted by atomic mass is 10.0. The largest absolute Gasteiger partial charge is 0.486 e. The first-order chi connectivity index (χ1) is 9.15. The van der Waals surface area contributed by atoms with Crippen LogP contribution in [0.25, 0.3) is 0 Å². The Bertz CT molecular complexity index is 606. The molecule has 19 heavy (non-hydrogen) atoms. The molecule has 0 bridgehead atoms. The first-order valence-corrected chi connectivity index (χ1v) is 7.51. The molecule has 1 aromatic heterocycles. The second-order valence-corrected chi connectivity index (χ2v) is 6.53. The van der Waals surface area contributed by atoms with Crippen molar-refractivity contribution in [1.82, 2.24) is 0 Å². The van der Waals surface area contributed by atoms with Crippen molar-refractivity contribution in [2.45, 2.75) is 19.2 Å². The van der Waals surface area contributed by atoms with Crippen LogP contribution in [0.3, 0.4) is 0 Å². The lowest BCUT2D eigenvalue weighted by Crippen LogP contribution is -2.15. The SMILES string of the molecule is Cc1cc(C(Cl)c2ccc3c(c2)OCCO3)c(C)s1. The van der Waals surface area contributed by atoms with Crippen molar-refractivity contribution in [3.63, 3.8) is 0 Å². The minimum absolute atomic E-state index is 0.138. The number of aryl methyl sites for hydroxylation is 2. The first kappa shape index (κ1) is 12.8. The molecule has 100 valence electrons. The van der Waals surface area contributed by atoms with Crippen molar-refractivity contribution in [2.24, 2.45) is 0 Å². The average Bonchev–Trinajstić information content (AvgIpc) is 2.76. The van der Waals surface area contributed by atoms with Crippen LogP contribution in [0.2, 0.25) is 0 Å². The van der Waals surface area contributed by atoms with Gasteiger partial charge in [-0.2, -0.15) is 0 Å². The monoisotopic (exact) mass is 294 g/mol. The number of alkyl halides is 1. The first-order valence-electron chi connectivity index (χ1n) is 6.25. The van der Waals surface area contributed by atoms with E-state index >= 15 is 0 Å². The van der Waals surface area contributed by atoms with Gasteiger partial charge in [0.05, 0.1) is 5.38 Å². The van der Waals surface area contributed by atoms with Crippen molar-refractivity contribution >= 4 is 22.9 Å². The van der Waals surface area contributed by atoms with Gasteiger partial charge in [-0.05, 0) is 43.2 Å². The Morgan fingerprint density at radius 2 is 1.84 bits per heavy atom. The summed E-state index contributed by atoms with van der Waals surface area (Å²) in [7, 11) is 0. The molecule has 0 spiro atoms. The molecule has 0 radical (unpaired) electrons. The van der Waals surface area contributed by atoms with Gasteiger partial charge in [-0.25, -0.2) is 0 Å². The smallest absolute Gasteiger partial charge is 0.161 e. The van der Waals surface area contributed by atoms with E-state index in [1.165, 1.54) is 15.3 Å². The number of thiophene rings is 1. The molecule has 0 amide bonds. The Morgan fingerprint density at radius 1 is 1.11 bits per heavy atom. The fraction of sp³-hybridized carbons (Fsp3) is 0.333. The summed E-state index contributed by atoms with van der Waals surface area (Å²) in [5.41, 5.74) is 2.23. The van der Waals surface area contributed by atoms with Crippen LogP contribution in [0.15, 0.2) is 24.3 Å². The zero-order valence-electron chi connectivity index (χ0n) is 10.9. The number of hydrogen-bond donors (Lipinski definition) is 0. The van der Waals surface area contributed by atoms with Crippen molar-refractivity contribution in [3.05, 3.63) is 45.1 Å². The Balaban J connectivity index is 1.95. The van der Waals surface area contributed by atoms with Gasteiger partial charge in [0.25, 0.3) is 0 Å². The zero-order chi connectivity index (χ0) is 13.4. The van der Waals surface area contributed by atoms with Crippen molar-refractivity contribution < 1.29 is 9.47 Å². The zero-order valence-corrected chi connectivity index (χ0v) is 12.5. The molecule has 1 unspecified atom stereocenters. The molecule has 1 atom stereocenters. The standard InChI is InChI=1S/C15H15ClO2S/c1-9-7-12(10(2)19-9)15(16)11-3-4-13-14(8-11)18-6-5-17-13/h3-4,7-8,15H,5-6H2,1-2H3. The molecule has 0 saturated heterocycles. The Kier molecular flexibility index (Phi) is 3.42. The van der Waals surface area contributed by atoms with Crippen LogP contribution in [0.4, 0.5) is 0 Å². The van der Waals surface area contributed by atoms with E-state index in [9.17, 15) is 0 Å². The van der Waals surface area contributed by atoms with Crippen LogP contribution in [0, 0.1) is 13.8 Å². The van der Waals surface area contributed by atoms with Crippen molar-refractivity contribution in [1.29, 1.82) is 0 Å².